The summed E-state index contributed by atoms with van der Waals surface area (Å²) in [5.74, 6) is 0.498. The van der Waals surface area contributed by atoms with Gasteiger partial charge in [-0.15, -0.1) is 0 Å². The molecule has 0 saturated carbocycles. The maximum Gasteiger partial charge on any atom is 0.124 e. The second-order valence-corrected chi connectivity index (χ2v) is 6.63. The molecule has 0 bridgehead atoms. The van der Waals surface area contributed by atoms with Crippen LogP contribution in [0, 0.1) is 19.7 Å². The van der Waals surface area contributed by atoms with E-state index in [0.29, 0.717) is 18.1 Å². The van der Waals surface area contributed by atoms with Crippen LogP contribution in [0.4, 0.5) is 4.39 Å². The second-order valence-electron chi connectivity index (χ2n) is 6.22. The zero-order chi connectivity index (χ0) is 17.8. The summed E-state index contributed by atoms with van der Waals surface area (Å²) < 4.78 is 19.2. The maximum atomic E-state index is 13.2. The Morgan fingerprint density at radius 2 is 1.64 bits per heavy atom. The molecule has 0 unspecified atom stereocenters. The first-order chi connectivity index (χ1) is 12.0. The van der Waals surface area contributed by atoms with Crippen LogP contribution in [-0.2, 0) is 13.0 Å². The molecule has 128 valence electrons. The predicted octanol–water partition coefficient (Wildman–Crippen LogP) is 6.27. The van der Waals surface area contributed by atoms with E-state index in [2.05, 4.69) is 32.0 Å². The Hall–Kier alpha value is -2.32. The molecule has 0 aromatic heterocycles. The molecule has 3 heteroatoms. The highest BCUT2D eigenvalue weighted by Crippen LogP contribution is 2.23. The van der Waals surface area contributed by atoms with Crippen molar-refractivity contribution in [1.29, 1.82) is 0 Å². The van der Waals surface area contributed by atoms with Crippen molar-refractivity contribution in [3.63, 3.8) is 0 Å². The lowest BCUT2D eigenvalue weighted by Gasteiger charge is -2.12. The summed E-state index contributed by atoms with van der Waals surface area (Å²) in [6, 6.07) is 18.7. The van der Waals surface area contributed by atoms with E-state index in [1.807, 2.05) is 24.3 Å². The van der Waals surface area contributed by atoms with E-state index >= 15 is 0 Å². The highest BCUT2D eigenvalue weighted by atomic mass is 35.5. The van der Waals surface area contributed by atoms with Crippen LogP contribution in [0.1, 0.15) is 27.8 Å². The van der Waals surface area contributed by atoms with Gasteiger partial charge in [0.25, 0.3) is 0 Å². The minimum atomic E-state index is -0.320. The number of halogens is 2. The summed E-state index contributed by atoms with van der Waals surface area (Å²) in [7, 11) is 0. The van der Waals surface area contributed by atoms with Gasteiger partial charge < -0.3 is 4.74 Å². The van der Waals surface area contributed by atoms with Crippen molar-refractivity contribution in [3.8, 4) is 5.75 Å². The molecule has 3 rings (SSSR count). The van der Waals surface area contributed by atoms with Crippen molar-refractivity contribution < 1.29 is 9.13 Å². The summed E-state index contributed by atoms with van der Waals surface area (Å²) in [5, 5.41) is 0.446. The molecule has 3 aromatic rings. The standard InChI is InChI=1S/C22H20ClFO/c1-15-5-3-6-16(2)21(15)14-25-20-8-4-7-17(12-20)11-18-9-10-19(24)13-22(18)23/h3-10,12-13H,11,14H2,1-2H3. The minimum absolute atomic E-state index is 0.320. The fourth-order valence-corrected chi connectivity index (χ4v) is 3.10. The van der Waals surface area contributed by atoms with Crippen LogP contribution in [0.5, 0.6) is 5.75 Å². The van der Waals surface area contributed by atoms with Crippen molar-refractivity contribution in [2.24, 2.45) is 0 Å². The van der Waals surface area contributed by atoms with E-state index in [1.165, 1.54) is 28.8 Å². The first kappa shape index (κ1) is 17.5. The molecule has 0 aliphatic carbocycles. The minimum Gasteiger partial charge on any atom is -0.489 e. The summed E-state index contributed by atoms with van der Waals surface area (Å²) in [5.41, 5.74) is 5.65. The molecule has 0 aliphatic heterocycles. The molecule has 0 atom stereocenters. The third-order valence-corrected chi connectivity index (χ3v) is 4.69. The van der Waals surface area contributed by atoms with Crippen molar-refractivity contribution in [2.45, 2.75) is 26.9 Å². The number of rotatable bonds is 5. The van der Waals surface area contributed by atoms with Gasteiger partial charge in [-0.1, -0.05) is 48.0 Å². The smallest absolute Gasteiger partial charge is 0.124 e. The van der Waals surface area contributed by atoms with Gasteiger partial charge in [-0.25, -0.2) is 4.39 Å². The summed E-state index contributed by atoms with van der Waals surface area (Å²) >= 11 is 6.12. The summed E-state index contributed by atoms with van der Waals surface area (Å²) in [6.07, 6.45) is 0.639. The normalized spacial score (nSPS) is 10.7. The quantitative estimate of drug-likeness (QED) is 0.525. The summed E-state index contributed by atoms with van der Waals surface area (Å²) in [6.45, 7) is 4.73. The number of ether oxygens (including phenoxy) is 1. The van der Waals surface area contributed by atoms with E-state index in [0.717, 1.165) is 16.9 Å². The first-order valence-electron chi connectivity index (χ1n) is 8.23. The average Bonchev–Trinajstić information content (AvgIpc) is 2.57. The lowest BCUT2D eigenvalue weighted by Crippen LogP contribution is -2.01. The Bertz CT molecular complexity index is 869. The van der Waals surface area contributed by atoms with Crippen LogP contribution in [0.15, 0.2) is 60.7 Å². The average molecular weight is 355 g/mol. The lowest BCUT2D eigenvalue weighted by molar-refractivity contribution is 0.304. The third kappa shape index (κ3) is 4.40. The number of benzene rings is 3. The Labute approximate surface area is 153 Å². The van der Waals surface area contributed by atoms with Gasteiger partial charge in [0.1, 0.15) is 18.2 Å². The third-order valence-electron chi connectivity index (χ3n) is 4.34. The van der Waals surface area contributed by atoms with Crippen LogP contribution < -0.4 is 4.74 Å². The van der Waals surface area contributed by atoms with Crippen molar-refractivity contribution >= 4 is 11.6 Å². The molecule has 0 radical (unpaired) electrons. The predicted molar refractivity (Wildman–Crippen MR) is 101 cm³/mol. The molecule has 0 amide bonds. The van der Waals surface area contributed by atoms with Gasteiger partial charge in [-0.2, -0.15) is 0 Å². The van der Waals surface area contributed by atoms with Crippen LogP contribution >= 0.6 is 11.6 Å². The van der Waals surface area contributed by atoms with E-state index in [4.69, 9.17) is 16.3 Å². The highest BCUT2D eigenvalue weighted by Gasteiger charge is 2.06. The van der Waals surface area contributed by atoms with Gasteiger partial charge >= 0.3 is 0 Å². The molecule has 3 aromatic carbocycles. The highest BCUT2D eigenvalue weighted by molar-refractivity contribution is 6.31. The number of aryl methyl sites for hydroxylation is 2. The summed E-state index contributed by atoms with van der Waals surface area (Å²) in [4.78, 5) is 0. The van der Waals surface area contributed by atoms with Gasteiger partial charge in [0.15, 0.2) is 0 Å². The van der Waals surface area contributed by atoms with Gasteiger partial charge in [0.2, 0.25) is 0 Å². The van der Waals surface area contributed by atoms with Crippen molar-refractivity contribution in [2.75, 3.05) is 0 Å². The van der Waals surface area contributed by atoms with Crippen LogP contribution in [0.3, 0.4) is 0 Å². The van der Waals surface area contributed by atoms with Gasteiger partial charge in [0.05, 0.1) is 0 Å². The Balaban J connectivity index is 1.73. The lowest BCUT2D eigenvalue weighted by atomic mass is 10.0. The Morgan fingerprint density at radius 3 is 2.36 bits per heavy atom. The van der Waals surface area contributed by atoms with E-state index in [-0.39, 0.29) is 5.82 Å². The van der Waals surface area contributed by atoms with Crippen molar-refractivity contribution in [3.05, 3.63) is 99.3 Å². The zero-order valence-electron chi connectivity index (χ0n) is 14.4. The first-order valence-corrected chi connectivity index (χ1v) is 8.61. The molecule has 1 nitrogen and oxygen atoms in total. The molecule has 0 fully saturated rings. The largest absolute Gasteiger partial charge is 0.489 e. The van der Waals surface area contributed by atoms with E-state index < -0.39 is 0 Å². The van der Waals surface area contributed by atoms with Crippen LogP contribution in [0.2, 0.25) is 5.02 Å². The maximum absolute atomic E-state index is 13.2. The second kappa shape index (κ2) is 7.71. The topological polar surface area (TPSA) is 9.23 Å². The molecule has 0 heterocycles. The van der Waals surface area contributed by atoms with Crippen LogP contribution in [0.25, 0.3) is 0 Å². The van der Waals surface area contributed by atoms with Gasteiger partial charge in [-0.3, -0.25) is 0 Å². The number of hydrogen-bond donors (Lipinski definition) is 0. The van der Waals surface area contributed by atoms with E-state index in [1.54, 1.807) is 6.07 Å². The zero-order valence-corrected chi connectivity index (χ0v) is 15.1. The molecular formula is C22H20ClFO. The molecular weight excluding hydrogens is 335 g/mol. The fourth-order valence-electron chi connectivity index (χ4n) is 2.86. The fraction of sp³-hybridized carbons (Fsp3) is 0.182. The monoisotopic (exact) mass is 354 g/mol. The molecule has 0 saturated heterocycles. The van der Waals surface area contributed by atoms with Gasteiger partial charge in [-0.05, 0) is 72.4 Å². The van der Waals surface area contributed by atoms with Crippen molar-refractivity contribution in [1.82, 2.24) is 0 Å². The SMILES string of the molecule is Cc1cccc(C)c1COc1cccc(Cc2ccc(F)cc2Cl)c1. The van der Waals surface area contributed by atoms with Crippen LogP contribution in [-0.4, -0.2) is 0 Å². The molecule has 0 aliphatic rings. The number of hydrogen-bond acceptors (Lipinski definition) is 1. The molecule has 0 N–H and O–H groups in total. The Morgan fingerprint density at radius 1 is 0.920 bits per heavy atom. The molecule has 25 heavy (non-hydrogen) atoms. The Kier molecular flexibility index (Phi) is 5.40. The van der Waals surface area contributed by atoms with E-state index in [9.17, 15) is 4.39 Å². The van der Waals surface area contributed by atoms with Gasteiger partial charge in [0, 0.05) is 5.02 Å². The molecule has 0 spiro atoms.